The number of nitrogens with one attached hydrogen (secondary N) is 1. The van der Waals surface area contributed by atoms with Crippen molar-refractivity contribution in [2.75, 3.05) is 6.54 Å². The van der Waals surface area contributed by atoms with Gasteiger partial charge in [-0.05, 0) is 35.0 Å². The molecule has 0 fully saturated rings. The predicted octanol–water partition coefficient (Wildman–Crippen LogP) is 1.59. The van der Waals surface area contributed by atoms with Crippen molar-refractivity contribution in [1.82, 2.24) is 10.3 Å². The number of carbonyl (C=O) groups is 1. The van der Waals surface area contributed by atoms with E-state index < -0.39 is 0 Å². The third-order valence-electron chi connectivity index (χ3n) is 1.34. The van der Waals surface area contributed by atoms with Gasteiger partial charge in [0.1, 0.15) is 4.60 Å². The van der Waals surface area contributed by atoms with Crippen LogP contribution in [0, 0.1) is 0 Å². The largest absolute Gasteiger partial charge is 0.352 e. The summed E-state index contributed by atoms with van der Waals surface area (Å²) < 4.78 is 0.580. The maximum atomic E-state index is 11.3. The normalized spacial score (nSPS) is 9.50. The van der Waals surface area contributed by atoms with E-state index in [4.69, 9.17) is 0 Å². The lowest BCUT2D eigenvalue weighted by molar-refractivity contribution is 0.0954. The van der Waals surface area contributed by atoms with Gasteiger partial charge in [-0.15, -0.1) is 0 Å². The summed E-state index contributed by atoms with van der Waals surface area (Å²) in [6.07, 6.45) is 1.63. The molecule has 1 rings (SSSR count). The molecule has 0 saturated heterocycles. The molecule has 0 unspecified atom stereocenters. The summed E-state index contributed by atoms with van der Waals surface area (Å²) in [7, 11) is 0. The van der Waals surface area contributed by atoms with Gasteiger partial charge in [-0.3, -0.25) is 4.79 Å². The van der Waals surface area contributed by atoms with Crippen LogP contribution in [0.4, 0.5) is 0 Å². The number of halogens is 1. The van der Waals surface area contributed by atoms with Gasteiger partial charge in [0.05, 0.1) is 5.56 Å². The number of carbonyl (C=O) groups excluding carboxylic acids is 1. The van der Waals surface area contributed by atoms with E-state index >= 15 is 0 Å². The third-order valence-corrected chi connectivity index (χ3v) is 1.97. The van der Waals surface area contributed by atoms with Crippen molar-refractivity contribution < 1.29 is 4.79 Å². The Kier molecular flexibility index (Phi) is 3.22. The summed E-state index contributed by atoms with van der Waals surface area (Å²) >= 11 is 3.19. The van der Waals surface area contributed by atoms with Gasteiger partial charge in [0.2, 0.25) is 0 Å². The van der Waals surface area contributed by atoms with Crippen LogP contribution in [0.3, 0.4) is 0 Å². The molecule has 0 atom stereocenters. The van der Waals surface area contributed by atoms with Crippen molar-refractivity contribution in [2.45, 2.75) is 6.92 Å². The van der Waals surface area contributed by atoms with Crippen LogP contribution in [-0.4, -0.2) is 17.4 Å². The van der Waals surface area contributed by atoms with Crippen LogP contribution >= 0.6 is 15.9 Å². The van der Waals surface area contributed by atoms with E-state index in [2.05, 4.69) is 26.2 Å². The molecule has 4 heteroatoms. The average Bonchev–Trinajstić information content (AvgIpc) is 2.05. The van der Waals surface area contributed by atoms with Gasteiger partial charge in [-0.2, -0.15) is 0 Å². The molecule has 1 amide bonds. The van der Waals surface area contributed by atoms with E-state index in [9.17, 15) is 4.79 Å². The van der Waals surface area contributed by atoms with Gasteiger partial charge in [-0.1, -0.05) is 0 Å². The van der Waals surface area contributed by atoms with Crippen molar-refractivity contribution >= 4 is 21.8 Å². The first kappa shape index (κ1) is 9.19. The van der Waals surface area contributed by atoms with Crippen LogP contribution in [0.25, 0.3) is 0 Å². The number of hydrogen-bond donors (Lipinski definition) is 1. The van der Waals surface area contributed by atoms with Gasteiger partial charge in [0.25, 0.3) is 5.91 Å². The molecule has 1 aromatic rings. The number of rotatable bonds is 2. The Morgan fingerprint density at radius 3 is 3.08 bits per heavy atom. The van der Waals surface area contributed by atoms with Crippen molar-refractivity contribution in [3.63, 3.8) is 0 Å². The molecule has 0 aliphatic carbocycles. The van der Waals surface area contributed by atoms with E-state index in [1.54, 1.807) is 18.3 Å². The highest BCUT2D eigenvalue weighted by Gasteiger charge is 2.07. The standard InChI is InChI=1S/C8H9BrN2O/c1-2-10-8(12)6-4-3-5-11-7(6)9/h3-5H,2H2,1H3,(H,10,12). The molecule has 0 aliphatic heterocycles. The van der Waals surface area contributed by atoms with E-state index in [1.807, 2.05) is 6.92 Å². The number of amides is 1. The van der Waals surface area contributed by atoms with Crippen molar-refractivity contribution in [3.8, 4) is 0 Å². The number of hydrogen-bond acceptors (Lipinski definition) is 2. The Hall–Kier alpha value is -0.900. The SMILES string of the molecule is CCNC(=O)c1cccnc1Br. The van der Waals surface area contributed by atoms with Crippen LogP contribution in [0.1, 0.15) is 17.3 Å². The smallest absolute Gasteiger partial charge is 0.254 e. The maximum Gasteiger partial charge on any atom is 0.254 e. The molecular formula is C8H9BrN2O. The Labute approximate surface area is 79.3 Å². The van der Waals surface area contributed by atoms with E-state index in [0.717, 1.165) is 0 Å². The fraction of sp³-hybridized carbons (Fsp3) is 0.250. The summed E-state index contributed by atoms with van der Waals surface area (Å²) in [5, 5.41) is 2.69. The van der Waals surface area contributed by atoms with Gasteiger partial charge in [0, 0.05) is 12.7 Å². The van der Waals surface area contributed by atoms with Gasteiger partial charge >= 0.3 is 0 Å². The monoisotopic (exact) mass is 228 g/mol. The van der Waals surface area contributed by atoms with Crippen LogP contribution in [0.2, 0.25) is 0 Å². The second kappa shape index (κ2) is 4.21. The zero-order valence-corrected chi connectivity index (χ0v) is 8.26. The number of aromatic nitrogens is 1. The summed E-state index contributed by atoms with van der Waals surface area (Å²) in [5.41, 5.74) is 0.569. The highest BCUT2D eigenvalue weighted by Crippen LogP contribution is 2.11. The third kappa shape index (κ3) is 2.04. The Balaban J connectivity index is 2.87. The molecule has 1 heterocycles. The molecule has 12 heavy (non-hydrogen) atoms. The molecule has 0 radical (unpaired) electrons. The lowest BCUT2D eigenvalue weighted by Gasteiger charge is -2.02. The molecule has 1 N–H and O–H groups in total. The first-order chi connectivity index (χ1) is 5.75. The minimum atomic E-state index is -0.0996. The van der Waals surface area contributed by atoms with Crippen LogP contribution in [0.15, 0.2) is 22.9 Å². The Morgan fingerprint density at radius 2 is 2.50 bits per heavy atom. The first-order valence-electron chi connectivity index (χ1n) is 3.64. The molecule has 64 valence electrons. The van der Waals surface area contributed by atoms with Gasteiger partial charge < -0.3 is 5.32 Å². The molecule has 3 nitrogen and oxygen atoms in total. The molecular weight excluding hydrogens is 220 g/mol. The van der Waals surface area contributed by atoms with Crippen LogP contribution < -0.4 is 5.32 Å². The number of pyridine rings is 1. The summed E-state index contributed by atoms with van der Waals surface area (Å²) in [4.78, 5) is 15.2. The topological polar surface area (TPSA) is 42.0 Å². The maximum absolute atomic E-state index is 11.3. The lowest BCUT2D eigenvalue weighted by atomic mass is 10.3. The highest BCUT2D eigenvalue weighted by molar-refractivity contribution is 9.10. The minimum absolute atomic E-state index is 0.0996. The van der Waals surface area contributed by atoms with Crippen molar-refractivity contribution in [3.05, 3.63) is 28.5 Å². The zero-order chi connectivity index (χ0) is 8.97. The van der Waals surface area contributed by atoms with Crippen LogP contribution in [0.5, 0.6) is 0 Å². The Morgan fingerprint density at radius 1 is 1.75 bits per heavy atom. The lowest BCUT2D eigenvalue weighted by Crippen LogP contribution is -2.23. The molecule has 0 saturated carbocycles. The zero-order valence-electron chi connectivity index (χ0n) is 6.67. The van der Waals surface area contributed by atoms with Gasteiger partial charge in [0.15, 0.2) is 0 Å². The molecule has 0 bridgehead atoms. The summed E-state index contributed by atoms with van der Waals surface area (Å²) in [5.74, 6) is -0.0996. The molecule has 0 spiro atoms. The Bertz CT molecular complexity index is 288. The number of nitrogens with zero attached hydrogens (tertiary/aromatic N) is 1. The second-order valence-electron chi connectivity index (χ2n) is 2.20. The predicted molar refractivity (Wildman–Crippen MR) is 49.9 cm³/mol. The fourth-order valence-corrected chi connectivity index (χ4v) is 1.24. The first-order valence-corrected chi connectivity index (χ1v) is 4.43. The molecule has 0 aromatic carbocycles. The van der Waals surface area contributed by atoms with Crippen molar-refractivity contribution in [1.29, 1.82) is 0 Å². The quantitative estimate of drug-likeness (QED) is 0.782. The minimum Gasteiger partial charge on any atom is -0.352 e. The van der Waals surface area contributed by atoms with E-state index in [-0.39, 0.29) is 5.91 Å². The summed E-state index contributed by atoms with van der Waals surface area (Å²) in [6, 6.07) is 3.46. The molecule has 0 aliphatic rings. The average molecular weight is 229 g/mol. The van der Waals surface area contributed by atoms with E-state index in [0.29, 0.717) is 16.7 Å². The molecule has 1 aromatic heterocycles. The fourth-order valence-electron chi connectivity index (χ4n) is 0.811. The summed E-state index contributed by atoms with van der Waals surface area (Å²) in [6.45, 7) is 2.50. The highest BCUT2D eigenvalue weighted by atomic mass is 79.9. The van der Waals surface area contributed by atoms with Crippen molar-refractivity contribution in [2.24, 2.45) is 0 Å². The van der Waals surface area contributed by atoms with E-state index in [1.165, 1.54) is 0 Å². The second-order valence-corrected chi connectivity index (χ2v) is 2.95. The van der Waals surface area contributed by atoms with Crippen LogP contribution in [-0.2, 0) is 0 Å². The van der Waals surface area contributed by atoms with Gasteiger partial charge in [-0.25, -0.2) is 4.98 Å².